The number of hydrogen-bond acceptors (Lipinski definition) is 4. The smallest absolute Gasteiger partial charge is 0.206 e. The molecule has 154 valence electrons. The molecule has 28 heavy (non-hydrogen) atoms. The van der Waals surface area contributed by atoms with Crippen LogP contribution in [0, 0.1) is 5.92 Å². The molecule has 0 saturated carbocycles. The first-order valence-electron chi connectivity index (χ1n) is 9.39. The maximum atomic E-state index is 12.9. The van der Waals surface area contributed by atoms with E-state index in [2.05, 4.69) is 13.8 Å². The Bertz CT molecular complexity index is 857. The van der Waals surface area contributed by atoms with Crippen molar-refractivity contribution in [1.82, 2.24) is 0 Å². The van der Waals surface area contributed by atoms with Crippen molar-refractivity contribution in [2.24, 2.45) is 5.92 Å². The summed E-state index contributed by atoms with van der Waals surface area (Å²) in [5.41, 5.74) is 0. The van der Waals surface area contributed by atoms with E-state index in [1.807, 2.05) is 6.92 Å². The van der Waals surface area contributed by atoms with Crippen molar-refractivity contribution in [3.8, 4) is 11.5 Å². The average Bonchev–Trinajstić information content (AvgIpc) is 2.68. The van der Waals surface area contributed by atoms with Crippen molar-refractivity contribution in [3.63, 3.8) is 0 Å². The lowest BCUT2D eigenvalue weighted by molar-refractivity contribution is 0.256. The van der Waals surface area contributed by atoms with Gasteiger partial charge in [-0.2, -0.15) is 0 Å². The van der Waals surface area contributed by atoms with Gasteiger partial charge in [-0.15, -0.1) is 0 Å². The second kappa shape index (κ2) is 10.4. The zero-order valence-electron chi connectivity index (χ0n) is 16.4. The number of rotatable bonds is 10. The molecule has 2 aromatic rings. The Morgan fingerprint density at radius 3 is 2.11 bits per heavy atom. The summed E-state index contributed by atoms with van der Waals surface area (Å²) in [7, 11) is -3.76. The molecule has 1 unspecified atom stereocenters. The molecule has 0 aromatic heterocycles. The Morgan fingerprint density at radius 1 is 0.964 bits per heavy atom. The third-order valence-electron chi connectivity index (χ3n) is 4.39. The average molecular weight is 445 g/mol. The molecule has 0 N–H and O–H groups in total. The molecule has 1 atom stereocenters. The third kappa shape index (κ3) is 5.79. The predicted molar refractivity (Wildman–Crippen MR) is 114 cm³/mol. The first-order chi connectivity index (χ1) is 13.3. The van der Waals surface area contributed by atoms with Crippen LogP contribution < -0.4 is 9.47 Å². The monoisotopic (exact) mass is 444 g/mol. The lowest BCUT2D eigenvalue weighted by Gasteiger charge is -2.13. The van der Waals surface area contributed by atoms with Crippen LogP contribution in [0.2, 0.25) is 10.0 Å². The van der Waals surface area contributed by atoms with Crippen LogP contribution >= 0.6 is 23.2 Å². The third-order valence-corrected chi connectivity index (χ3v) is 6.70. The standard InChI is InChI=1S/C21H26Cl2O4S/c1-4-6-11-26-21-19(22)12-18(13-20(21)23)28(24,25)17-9-7-16(8-10-17)27-14-15(3)5-2/h7-10,12-13,15H,4-6,11,14H2,1-3H3. The van der Waals surface area contributed by atoms with E-state index in [1.54, 1.807) is 12.1 Å². The van der Waals surface area contributed by atoms with Crippen LogP contribution in [-0.4, -0.2) is 21.6 Å². The van der Waals surface area contributed by atoms with E-state index in [1.165, 1.54) is 24.3 Å². The highest BCUT2D eigenvalue weighted by Crippen LogP contribution is 2.37. The van der Waals surface area contributed by atoms with Gasteiger partial charge in [0, 0.05) is 0 Å². The van der Waals surface area contributed by atoms with Gasteiger partial charge in [0.1, 0.15) is 5.75 Å². The van der Waals surface area contributed by atoms with E-state index >= 15 is 0 Å². The maximum absolute atomic E-state index is 12.9. The lowest BCUT2D eigenvalue weighted by Crippen LogP contribution is -2.07. The van der Waals surface area contributed by atoms with Crippen LogP contribution in [0.25, 0.3) is 0 Å². The number of ether oxygens (including phenoxy) is 2. The second-order valence-corrected chi connectivity index (χ2v) is 9.48. The van der Waals surface area contributed by atoms with Gasteiger partial charge in [-0.05, 0) is 48.7 Å². The zero-order valence-corrected chi connectivity index (χ0v) is 18.7. The highest BCUT2D eigenvalue weighted by atomic mass is 35.5. The number of hydrogen-bond donors (Lipinski definition) is 0. The zero-order chi connectivity index (χ0) is 20.7. The van der Waals surface area contributed by atoms with Crippen LogP contribution in [0.5, 0.6) is 11.5 Å². The molecule has 0 aliphatic rings. The van der Waals surface area contributed by atoms with Crippen LogP contribution in [0.1, 0.15) is 40.0 Å². The van der Waals surface area contributed by atoms with Gasteiger partial charge >= 0.3 is 0 Å². The van der Waals surface area contributed by atoms with E-state index in [0.29, 0.717) is 30.6 Å². The largest absolute Gasteiger partial charge is 0.493 e. The van der Waals surface area contributed by atoms with Crippen molar-refractivity contribution in [2.45, 2.75) is 49.8 Å². The summed E-state index contributed by atoms with van der Waals surface area (Å²) in [4.78, 5) is 0.175. The second-order valence-electron chi connectivity index (χ2n) is 6.72. The fourth-order valence-corrected chi connectivity index (χ4v) is 4.39. The lowest BCUT2D eigenvalue weighted by atomic mass is 10.1. The molecule has 0 aliphatic heterocycles. The fourth-order valence-electron chi connectivity index (χ4n) is 2.36. The molecule has 7 heteroatoms. The Hall–Kier alpha value is -1.43. The number of halogens is 2. The van der Waals surface area contributed by atoms with Crippen LogP contribution in [-0.2, 0) is 9.84 Å². The minimum atomic E-state index is -3.76. The normalized spacial score (nSPS) is 12.6. The molecule has 2 aromatic carbocycles. The van der Waals surface area contributed by atoms with Crippen molar-refractivity contribution in [3.05, 3.63) is 46.4 Å². The maximum Gasteiger partial charge on any atom is 0.206 e. The van der Waals surface area contributed by atoms with Gasteiger partial charge < -0.3 is 9.47 Å². The van der Waals surface area contributed by atoms with E-state index in [-0.39, 0.29) is 19.8 Å². The Kier molecular flexibility index (Phi) is 8.47. The van der Waals surface area contributed by atoms with Gasteiger partial charge in [0.15, 0.2) is 5.75 Å². The number of benzene rings is 2. The Morgan fingerprint density at radius 2 is 1.57 bits per heavy atom. The minimum Gasteiger partial charge on any atom is -0.493 e. The van der Waals surface area contributed by atoms with Gasteiger partial charge in [-0.1, -0.05) is 56.8 Å². The quantitative estimate of drug-likeness (QED) is 0.396. The molecular weight excluding hydrogens is 419 g/mol. The van der Waals surface area contributed by atoms with E-state index < -0.39 is 9.84 Å². The van der Waals surface area contributed by atoms with Gasteiger partial charge in [-0.3, -0.25) is 0 Å². The molecule has 2 rings (SSSR count). The van der Waals surface area contributed by atoms with Crippen LogP contribution in [0.3, 0.4) is 0 Å². The first kappa shape index (κ1) is 22.9. The van der Waals surface area contributed by atoms with E-state index in [4.69, 9.17) is 32.7 Å². The van der Waals surface area contributed by atoms with E-state index in [0.717, 1.165) is 19.3 Å². The van der Waals surface area contributed by atoms with Crippen molar-refractivity contribution in [2.75, 3.05) is 13.2 Å². The van der Waals surface area contributed by atoms with Gasteiger partial charge in [-0.25, -0.2) is 8.42 Å². The van der Waals surface area contributed by atoms with Gasteiger partial charge in [0.05, 0.1) is 33.0 Å². The summed E-state index contributed by atoms with van der Waals surface area (Å²) in [5.74, 6) is 1.38. The van der Waals surface area contributed by atoms with Crippen molar-refractivity contribution in [1.29, 1.82) is 0 Å². The summed E-state index contributed by atoms with van der Waals surface area (Å²) in [5, 5.41) is 0.353. The molecule has 0 heterocycles. The van der Waals surface area contributed by atoms with E-state index in [9.17, 15) is 8.42 Å². The molecule has 4 nitrogen and oxygen atoms in total. The Labute approximate surface area is 177 Å². The summed E-state index contributed by atoms with van der Waals surface area (Å²) in [6.45, 7) is 7.30. The topological polar surface area (TPSA) is 52.6 Å². The summed E-state index contributed by atoms with van der Waals surface area (Å²) in [6.07, 6.45) is 2.85. The molecule has 0 fully saturated rings. The Balaban J connectivity index is 2.22. The highest BCUT2D eigenvalue weighted by molar-refractivity contribution is 7.91. The summed E-state index contributed by atoms with van der Waals surface area (Å²) < 4.78 is 37.1. The SMILES string of the molecule is CCCCOc1c(Cl)cc(S(=O)(=O)c2ccc(OCC(C)CC)cc2)cc1Cl. The number of unbranched alkanes of at least 4 members (excludes halogenated alkanes) is 1. The fraction of sp³-hybridized carbons (Fsp3) is 0.429. The van der Waals surface area contributed by atoms with Crippen molar-refractivity contribution >= 4 is 33.0 Å². The van der Waals surface area contributed by atoms with Crippen LogP contribution in [0.4, 0.5) is 0 Å². The minimum absolute atomic E-state index is 0.0265. The molecule has 0 saturated heterocycles. The number of sulfone groups is 1. The molecule has 0 spiro atoms. The molecular formula is C21H26Cl2O4S. The molecule has 0 amide bonds. The summed E-state index contributed by atoms with van der Waals surface area (Å²) in [6, 6.07) is 9.10. The van der Waals surface area contributed by atoms with Gasteiger partial charge in [0.25, 0.3) is 0 Å². The summed E-state index contributed by atoms with van der Waals surface area (Å²) >= 11 is 12.4. The van der Waals surface area contributed by atoms with Gasteiger partial charge in [0.2, 0.25) is 9.84 Å². The highest BCUT2D eigenvalue weighted by Gasteiger charge is 2.21. The molecule has 0 bridgehead atoms. The molecule has 0 radical (unpaired) electrons. The van der Waals surface area contributed by atoms with Crippen LogP contribution in [0.15, 0.2) is 46.2 Å². The van der Waals surface area contributed by atoms with Crippen molar-refractivity contribution < 1.29 is 17.9 Å². The predicted octanol–water partition coefficient (Wildman–Crippen LogP) is 6.43. The molecule has 0 aliphatic carbocycles. The first-order valence-corrected chi connectivity index (χ1v) is 11.6.